The van der Waals surface area contributed by atoms with Crippen LogP contribution in [0.1, 0.15) is 24.0 Å². The second-order valence-corrected chi connectivity index (χ2v) is 3.02. The van der Waals surface area contributed by atoms with Crippen molar-refractivity contribution in [3.8, 4) is 0 Å². The van der Waals surface area contributed by atoms with E-state index in [9.17, 15) is 18.0 Å². The van der Waals surface area contributed by atoms with Gasteiger partial charge in [-0.1, -0.05) is 0 Å². The van der Waals surface area contributed by atoms with Gasteiger partial charge in [0.05, 0.1) is 11.5 Å². The van der Waals surface area contributed by atoms with Crippen molar-refractivity contribution in [1.82, 2.24) is 4.98 Å². The minimum absolute atomic E-state index is 0.273. The third kappa shape index (κ3) is 2.45. The molecule has 0 bridgehead atoms. The molecule has 0 radical (unpaired) electrons. The van der Waals surface area contributed by atoms with Crippen molar-refractivity contribution >= 4 is 5.97 Å². The van der Waals surface area contributed by atoms with Crippen LogP contribution in [-0.4, -0.2) is 16.1 Å². The number of carboxylic acids is 1. The Morgan fingerprint density at radius 1 is 1.53 bits per heavy atom. The molecule has 0 saturated carbocycles. The lowest BCUT2D eigenvalue weighted by Crippen LogP contribution is -2.15. The van der Waals surface area contributed by atoms with E-state index in [0.29, 0.717) is 6.20 Å². The maximum absolute atomic E-state index is 12.4. The number of pyridine rings is 1. The van der Waals surface area contributed by atoms with Crippen LogP contribution in [0.15, 0.2) is 18.5 Å². The van der Waals surface area contributed by atoms with Crippen LogP contribution in [0.4, 0.5) is 13.2 Å². The molecule has 1 rings (SSSR count). The number of nitrogens with zero attached hydrogens (tertiary/aromatic N) is 1. The van der Waals surface area contributed by atoms with Crippen LogP contribution in [0, 0.1) is 0 Å². The molecule has 1 N–H and O–H groups in total. The molecule has 6 heteroatoms. The van der Waals surface area contributed by atoms with Crippen LogP contribution in [0.3, 0.4) is 0 Å². The van der Waals surface area contributed by atoms with E-state index in [-0.39, 0.29) is 5.56 Å². The number of carboxylic acid groups (broad SMARTS) is 1. The summed E-state index contributed by atoms with van der Waals surface area (Å²) in [5.41, 5.74) is -1.27. The van der Waals surface area contributed by atoms with E-state index in [0.717, 1.165) is 12.3 Å². The summed E-state index contributed by atoms with van der Waals surface area (Å²) in [7, 11) is 0. The summed E-state index contributed by atoms with van der Waals surface area (Å²) in [5, 5.41) is 8.64. The lowest BCUT2D eigenvalue weighted by Gasteiger charge is -2.14. The highest BCUT2D eigenvalue weighted by atomic mass is 19.4. The normalized spacial score (nSPS) is 13.6. The third-order valence-electron chi connectivity index (χ3n) is 2.00. The molecule has 0 amide bonds. The van der Waals surface area contributed by atoms with Crippen molar-refractivity contribution in [2.45, 2.75) is 19.0 Å². The second kappa shape index (κ2) is 3.88. The molecular weight excluding hydrogens is 211 g/mol. The first kappa shape index (κ1) is 11.5. The maximum Gasteiger partial charge on any atom is 0.418 e. The van der Waals surface area contributed by atoms with Crippen LogP contribution < -0.4 is 0 Å². The molecule has 82 valence electrons. The minimum atomic E-state index is -4.58. The molecule has 1 heterocycles. The van der Waals surface area contributed by atoms with Gasteiger partial charge in [-0.15, -0.1) is 0 Å². The lowest BCUT2D eigenvalue weighted by molar-refractivity contribution is -0.141. The number of carbonyl (C=O) groups is 1. The molecular formula is C9H8F3NO2. The SMILES string of the molecule is CC(C(=O)O)c1ccncc1C(F)(F)F. The number of rotatable bonds is 2. The van der Waals surface area contributed by atoms with Gasteiger partial charge in [0.15, 0.2) is 0 Å². The fourth-order valence-electron chi connectivity index (χ4n) is 1.15. The fraction of sp³-hybridized carbons (Fsp3) is 0.333. The van der Waals surface area contributed by atoms with E-state index in [1.165, 1.54) is 6.92 Å². The molecule has 0 saturated heterocycles. The topological polar surface area (TPSA) is 50.2 Å². The molecule has 1 unspecified atom stereocenters. The van der Waals surface area contributed by atoms with Crippen molar-refractivity contribution in [3.05, 3.63) is 29.6 Å². The van der Waals surface area contributed by atoms with Crippen LogP contribution in [0.5, 0.6) is 0 Å². The quantitative estimate of drug-likeness (QED) is 0.830. The Morgan fingerprint density at radius 2 is 2.13 bits per heavy atom. The van der Waals surface area contributed by atoms with Crippen molar-refractivity contribution in [2.24, 2.45) is 0 Å². The summed E-state index contributed by atoms with van der Waals surface area (Å²) in [6.45, 7) is 1.20. The van der Waals surface area contributed by atoms with Gasteiger partial charge in [-0.05, 0) is 18.6 Å². The molecule has 3 nitrogen and oxygen atoms in total. The maximum atomic E-state index is 12.4. The van der Waals surface area contributed by atoms with E-state index in [1.54, 1.807) is 0 Å². The van der Waals surface area contributed by atoms with Gasteiger partial charge in [-0.25, -0.2) is 0 Å². The smallest absolute Gasteiger partial charge is 0.418 e. The van der Waals surface area contributed by atoms with Gasteiger partial charge in [0.1, 0.15) is 0 Å². The molecule has 0 aromatic carbocycles. The van der Waals surface area contributed by atoms with E-state index in [2.05, 4.69) is 4.98 Å². The van der Waals surface area contributed by atoms with Gasteiger partial charge in [-0.2, -0.15) is 13.2 Å². The highest BCUT2D eigenvalue weighted by Gasteiger charge is 2.35. The predicted molar refractivity (Wildman–Crippen MR) is 45.3 cm³/mol. The molecule has 0 aliphatic rings. The van der Waals surface area contributed by atoms with Crippen molar-refractivity contribution in [3.63, 3.8) is 0 Å². The van der Waals surface area contributed by atoms with Gasteiger partial charge in [0, 0.05) is 12.4 Å². The van der Waals surface area contributed by atoms with Gasteiger partial charge >= 0.3 is 12.1 Å². The first-order valence-corrected chi connectivity index (χ1v) is 4.08. The first-order chi connectivity index (χ1) is 6.84. The van der Waals surface area contributed by atoms with Crippen LogP contribution in [-0.2, 0) is 11.0 Å². The summed E-state index contributed by atoms with van der Waals surface area (Å²) in [5.74, 6) is -2.50. The predicted octanol–water partition coefficient (Wildman–Crippen LogP) is 2.29. The summed E-state index contributed by atoms with van der Waals surface area (Å²) in [4.78, 5) is 13.9. The number of hydrogen-bond donors (Lipinski definition) is 1. The largest absolute Gasteiger partial charge is 0.481 e. The molecule has 0 aliphatic heterocycles. The van der Waals surface area contributed by atoms with Gasteiger partial charge < -0.3 is 5.11 Å². The molecule has 0 spiro atoms. The minimum Gasteiger partial charge on any atom is -0.481 e. The van der Waals surface area contributed by atoms with E-state index in [1.807, 2.05) is 0 Å². The van der Waals surface area contributed by atoms with Crippen LogP contribution in [0.25, 0.3) is 0 Å². The summed E-state index contributed by atoms with van der Waals surface area (Å²) >= 11 is 0. The summed E-state index contributed by atoms with van der Waals surface area (Å²) in [6, 6.07) is 1.07. The van der Waals surface area contributed by atoms with E-state index < -0.39 is 23.6 Å². The molecule has 1 aromatic rings. The molecule has 1 aromatic heterocycles. The zero-order valence-corrected chi connectivity index (χ0v) is 7.75. The van der Waals surface area contributed by atoms with Crippen LogP contribution >= 0.6 is 0 Å². The lowest BCUT2D eigenvalue weighted by atomic mass is 9.97. The molecule has 0 fully saturated rings. The van der Waals surface area contributed by atoms with E-state index in [4.69, 9.17) is 5.11 Å². The van der Waals surface area contributed by atoms with Crippen molar-refractivity contribution in [2.75, 3.05) is 0 Å². The molecule has 0 aliphatic carbocycles. The Bertz CT molecular complexity index is 376. The molecule has 1 atom stereocenters. The average molecular weight is 219 g/mol. The standard InChI is InChI=1S/C9H8F3NO2/c1-5(8(14)15)6-2-3-13-4-7(6)9(10,11)12/h2-5H,1H3,(H,14,15). The zero-order valence-electron chi connectivity index (χ0n) is 7.75. The van der Waals surface area contributed by atoms with Gasteiger partial charge in [0.25, 0.3) is 0 Å². The number of hydrogen-bond acceptors (Lipinski definition) is 2. The van der Waals surface area contributed by atoms with Gasteiger partial charge in [-0.3, -0.25) is 9.78 Å². The Kier molecular flexibility index (Phi) is 2.97. The van der Waals surface area contributed by atoms with Gasteiger partial charge in [0.2, 0.25) is 0 Å². The summed E-state index contributed by atoms with van der Waals surface area (Å²) in [6.07, 6.45) is -2.80. The van der Waals surface area contributed by atoms with Crippen LogP contribution in [0.2, 0.25) is 0 Å². The Balaban J connectivity index is 3.24. The molecule has 15 heavy (non-hydrogen) atoms. The highest BCUT2D eigenvalue weighted by molar-refractivity contribution is 5.76. The summed E-state index contributed by atoms with van der Waals surface area (Å²) < 4.78 is 37.3. The zero-order chi connectivity index (χ0) is 11.6. The highest BCUT2D eigenvalue weighted by Crippen LogP contribution is 2.34. The monoisotopic (exact) mass is 219 g/mol. The Hall–Kier alpha value is -1.59. The van der Waals surface area contributed by atoms with E-state index >= 15 is 0 Å². The first-order valence-electron chi connectivity index (χ1n) is 4.08. The Morgan fingerprint density at radius 3 is 2.60 bits per heavy atom. The number of aromatic nitrogens is 1. The average Bonchev–Trinajstić information content (AvgIpc) is 2.15. The second-order valence-electron chi connectivity index (χ2n) is 3.02. The third-order valence-corrected chi connectivity index (χ3v) is 2.00. The fourth-order valence-corrected chi connectivity index (χ4v) is 1.15. The Labute approximate surface area is 83.6 Å². The number of alkyl halides is 3. The van der Waals surface area contributed by atoms with Crippen molar-refractivity contribution in [1.29, 1.82) is 0 Å². The number of aliphatic carboxylic acids is 1. The number of halogens is 3. The van der Waals surface area contributed by atoms with Crippen molar-refractivity contribution < 1.29 is 23.1 Å².